The monoisotopic (exact) mass is 522 g/mol. The lowest BCUT2D eigenvalue weighted by atomic mass is 10.0. The highest BCUT2D eigenvalue weighted by Crippen LogP contribution is 2.33. The highest BCUT2D eigenvalue weighted by Gasteiger charge is 2.42. The molecule has 0 radical (unpaired) electrons. The fraction of sp³-hybridized carbons (Fsp3) is 0.478. The van der Waals surface area contributed by atoms with E-state index in [2.05, 4.69) is 10.6 Å². The van der Waals surface area contributed by atoms with Crippen LogP contribution in [0, 0.1) is 0 Å². The number of nitrogens with zero attached hydrogens (tertiary/aromatic N) is 1. The van der Waals surface area contributed by atoms with Crippen LogP contribution in [-0.2, 0) is 27.8 Å². The number of nitrogens with two attached hydrogens (primary N) is 1. The van der Waals surface area contributed by atoms with Crippen LogP contribution in [0.5, 0.6) is 0 Å². The number of nitrogens with one attached hydrogen (secondary N) is 2. The van der Waals surface area contributed by atoms with Gasteiger partial charge in [-0.05, 0) is 48.4 Å². The van der Waals surface area contributed by atoms with E-state index in [0.717, 1.165) is 35.5 Å². The summed E-state index contributed by atoms with van der Waals surface area (Å²) in [5, 5.41) is 13.6. The summed E-state index contributed by atoms with van der Waals surface area (Å²) in [5.74, 6) is 1.07. The van der Waals surface area contributed by atoms with Crippen LogP contribution in [0.2, 0.25) is 0 Å². The van der Waals surface area contributed by atoms with E-state index >= 15 is 0 Å². The second-order valence-electron chi connectivity index (χ2n) is 8.70. The van der Waals surface area contributed by atoms with E-state index in [1.54, 1.807) is 23.5 Å². The molecule has 0 spiro atoms. The zero-order valence-electron chi connectivity index (χ0n) is 18.8. The number of benzene rings is 1. The van der Waals surface area contributed by atoms with Crippen molar-refractivity contribution in [3.05, 3.63) is 52.2 Å². The Morgan fingerprint density at radius 3 is 2.65 bits per heavy atom. The molecule has 2 aromatic rings. The summed E-state index contributed by atoms with van der Waals surface area (Å²) < 4.78 is 22.9. The van der Waals surface area contributed by atoms with E-state index < -0.39 is 10.0 Å². The first-order chi connectivity index (χ1) is 16.3. The molecule has 1 aromatic carbocycles. The number of amides is 3. The number of rotatable bonds is 11. The van der Waals surface area contributed by atoms with Gasteiger partial charge in [-0.3, -0.25) is 4.79 Å². The number of hydrogen-bond acceptors (Lipinski definition) is 6. The third-order valence-corrected chi connectivity index (χ3v) is 9.57. The van der Waals surface area contributed by atoms with Gasteiger partial charge in [0.15, 0.2) is 0 Å². The van der Waals surface area contributed by atoms with Gasteiger partial charge in [-0.2, -0.15) is 11.8 Å². The number of sulfonamides is 1. The predicted molar refractivity (Wildman–Crippen MR) is 135 cm³/mol. The molecule has 4 rings (SSSR count). The first kappa shape index (κ1) is 25.0. The van der Waals surface area contributed by atoms with Gasteiger partial charge in [0.1, 0.15) is 0 Å². The number of primary sulfonamides is 1. The molecule has 0 aliphatic carbocycles. The average Bonchev–Trinajstić information content (AvgIpc) is 3.52. The Bertz CT molecular complexity index is 1090. The molecule has 2 aliphatic rings. The average molecular weight is 523 g/mol. The molecule has 0 bridgehead atoms. The van der Waals surface area contributed by atoms with Crippen molar-refractivity contribution in [1.82, 2.24) is 15.5 Å². The Labute approximate surface area is 208 Å². The maximum absolute atomic E-state index is 13.1. The molecule has 1 aromatic heterocycles. The Morgan fingerprint density at radius 2 is 1.94 bits per heavy atom. The minimum atomic E-state index is -3.71. The van der Waals surface area contributed by atoms with Gasteiger partial charge in [-0.15, -0.1) is 11.3 Å². The lowest BCUT2D eigenvalue weighted by molar-refractivity contribution is -0.131. The van der Waals surface area contributed by atoms with E-state index in [9.17, 15) is 18.0 Å². The summed E-state index contributed by atoms with van der Waals surface area (Å²) in [7, 11) is -3.71. The molecule has 0 unspecified atom stereocenters. The normalized spacial score (nSPS) is 21.7. The second kappa shape index (κ2) is 11.1. The third kappa shape index (κ3) is 6.53. The number of thioether (sulfide) groups is 1. The van der Waals surface area contributed by atoms with Gasteiger partial charge in [0.05, 0.1) is 23.5 Å². The van der Waals surface area contributed by atoms with Crippen molar-refractivity contribution in [3.63, 3.8) is 0 Å². The smallest absolute Gasteiger partial charge is 0.315 e. The number of urea groups is 1. The van der Waals surface area contributed by atoms with Crippen LogP contribution in [0.4, 0.5) is 4.79 Å². The molecule has 2 aliphatic heterocycles. The number of carbonyl (C=O) groups excluding carboxylic acids is 2. The standard InChI is InChI=1S/C23H30N4O4S3/c24-34(30,31)18-9-7-16(8-10-18)11-12-27(14-17-4-3-13-32-17)21(28)6-2-1-5-20-22-19(15-33-20)25-23(29)26-22/h3-4,7-10,13,19-20,22H,1-2,5-6,11-12,14-15H2,(H2,24,30,31)(H2,25,26,29)/t19-,20-,22-/m0/s1. The van der Waals surface area contributed by atoms with Crippen LogP contribution in [0.3, 0.4) is 0 Å². The molecular formula is C23H30N4O4S3. The van der Waals surface area contributed by atoms with E-state index in [0.29, 0.717) is 31.2 Å². The molecular weight excluding hydrogens is 492 g/mol. The largest absolute Gasteiger partial charge is 0.337 e. The molecule has 2 saturated heterocycles. The zero-order valence-corrected chi connectivity index (χ0v) is 21.3. The SMILES string of the molecule is NS(=O)(=O)c1ccc(CCN(Cc2cccs2)C(=O)CCCC[C@@H]2SC[C@@H]3NC(=O)N[C@@H]32)cc1. The van der Waals surface area contributed by atoms with Crippen molar-refractivity contribution >= 4 is 45.1 Å². The van der Waals surface area contributed by atoms with E-state index in [1.807, 2.05) is 34.2 Å². The number of carbonyl (C=O) groups is 2. The predicted octanol–water partition coefficient (Wildman–Crippen LogP) is 2.69. The zero-order chi connectivity index (χ0) is 24.1. The molecule has 3 atom stereocenters. The van der Waals surface area contributed by atoms with E-state index in [-0.39, 0.29) is 28.9 Å². The molecule has 0 saturated carbocycles. The summed E-state index contributed by atoms with van der Waals surface area (Å²) in [6.07, 6.45) is 3.88. The molecule has 4 N–H and O–H groups in total. The minimum Gasteiger partial charge on any atom is -0.337 e. The summed E-state index contributed by atoms with van der Waals surface area (Å²) in [6, 6.07) is 10.9. The lowest BCUT2D eigenvalue weighted by Gasteiger charge is -2.23. The summed E-state index contributed by atoms with van der Waals surface area (Å²) in [5.41, 5.74) is 0.955. The van der Waals surface area contributed by atoms with Crippen molar-refractivity contribution in [1.29, 1.82) is 0 Å². The summed E-state index contributed by atoms with van der Waals surface area (Å²) in [4.78, 5) is 27.7. The Morgan fingerprint density at radius 1 is 1.15 bits per heavy atom. The topological polar surface area (TPSA) is 122 Å². The Kier molecular flexibility index (Phi) is 8.18. The van der Waals surface area contributed by atoms with Crippen molar-refractivity contribution in [2.75, 3.05) is 12.3 Å². The third-order valence-electron chi connectivity index (χ3n) is 6.27. The fourth-order valence-corrected chi connectivity index (χ4v) is 7.19. The van der Waals surface area contributed by atoms with Gasteiger partial charge in [-0.1, -0.05) is 24.6 Å². The van der Waals surface area contributed by atoms with Crippen LogP contribution < -0.4 is 15.8 Å². The molecule has 3 amide bonds. The number of hydrogen-bond donors (Lipinski definition) is 3. The first-order valence-corrected chi connectivity index (χ1v) is 14.9. The molecule has 3 heterocycles. The molecule has 2 fully saturated rings. The quantitative estimate of drug-likeness (QED) is 0.309. The Hall–Kier alpha value is -2.08. The van der Waals surface area contributed by atoms with Gasteiger partial charge in [0.2, 0.25) is 15.9 Å². The van der Waals surface area contributed by atoms with Crippen LogP contribution in [0.25, 0.3) is 0 Å². The Balaban J connectivity index is 1.27. The molecule has 11 heteroatoms. The maximum atomic E-state index is 13.1. The maximum Gasteiger partial charge on any atom is 0.315 e. The number of fused-ring (bicyclic) bond motifs is 1. The molecule has 184 valence electrons. The van der Waals surface area contributed by atoms with Crippen molar-refractivity contribution < 1.29 is 18.0 Å². The van der Waals surface area contributed by atoms with Crippen molar-refractivity contribution in [3.8, 4) is 0 Å². The van der Waals surface area contributed by atoms with E-state index in [4.69, 9.17) is 5.14 Å². The summed E-state index contributed by atoms with van der Waals surface area (Å²) >= 11 is 3.53. The minimum absolute atomic E-state index is 0.0704. The van der Waals surface area contributed by atoms with Crippen molar-refractivity contribution in [2.24, 2.45) is 5.14 Å². The highest BCUT2D eigenvalue weighted by atomic mass is 32.2. The fourth-order valence-electron chi connectivity index (χ4n) is 4.42. The molecule has 8 nitrogen and oxygen atoms in total. The highest BCUT2D eigenvalue weighted by molar-refractivity contribution is 8.00. The van der Waals surface area contributed by atoms with Gasteiger partial charge in [0.25, 0.3) is 0 Å². The van der Waals surface area contributed by atoms with Gasteiger partial charge in [-0.25, -0.2) is 18.4 Å². The van der Waals surface area contributed by atoms with Gasteiger partial charge >= 0.3 is 6.03 Å². The van der Waals surface area contributed by atoms with Gasteiger partial charge in [0, 0.05) is 28.8 Å². The van der Waals surface area contributed by atoms with E-state index in [1.165, 1.54) is 12.1 Å². The van der Waals surface area contributed by atoms with Gasteiger partial charge < -0.3 is 15.5 Å². The first-order valence-electron chi connectivity index (χ1n) is 11.4. The summed E-state index contributed by atoms with van der Waals surface area (Å²) in [6.45, 7) is 1.14. The van der Waals surface area contributed by atoms with Crippen molar-refractivity contribution in [2.45, 2.75) is 60.9 Å². The van der Waals surface area contributed by atoms with Crippen LogP contribution in [0.15, 0.2) is 46.7 Å². The second-order valence-corrected chi connectivity index (χ2v) is 12.6. The van der Waals surface area contributed by atoms with Crippen LogP contribution >= 0.6 is 23.1 Å². The molecule has 34 heavy (non-hydrogen) atoms. The lowest BCUT2D eigenvalue weighted by Crippen LogP contribution is -2.36. The number of unbranched alkanes of at least 4 members (excludes halogenated alkanes) is 1. The van der Waals surface area contributed by atoms with Crippen LogP contribution in [0.1, 0.15) is 36.1 Å². The van der Waals surface area contributed by atoms with Crippen LogP contribution in [-0.4, -0.2) is 54.9 Å². The number of thiophene rings is 1.